The molecule has 0 aliphatic carbocycles. The lowest BCUT2D eigenvalue weighted by molar-refractivity contribution is -0.156. The molecule has 3 aliphatic rings. The van der Waals surface area contributed by atoms with Crippen molar-refractivity contribution in [3.05, 3.63) is 77.9 Å². The zero-order chi connectivity index (χ0) is 43.8. The van der Waals surface area contributed by atoms with Crippen LogP contribution in [-0.4, -0.2) is 119 Å². The Bertz CT molecular complexity index is 1780. The van der Waals surface area contributed by atoms with Crippen LogP contribution >= 0.6 is 0 Å². The highest BCUT2D eigenvalue weighted by Crippen LogP contribution is 2.24. The summed E-state index contributed by atoms with van der Waals surface area (Å²) in [5.74, 6) is -4.50. The highest BCUT2D eigenvalue weighted by molar-refractivity contribution is 5.93. The molecule has 3 aliphatic heterocycles. The Balaban J connectivity index is 1.67. The van der Waals surface area contributed by atoms with Crippen LogP contribution in [0.5, 0.6) is 5.75 Å². The minimum absolute atomic E-state index is 0.0179. The first-order valence-corrected chi connectivity index (χ1v) is 21.0. The Morgan fingerprint density at radius 1 is 0.983 bits per heavy atom. The molecule has 4 rings (SSSR count). The molecule has 0 aromatic heterocycles. The van der Waals surface area contributed by atoms with Crippen molar-refractivity contribution in [2.45, 2.75) is 110 Å². The minimum atomic E-state index is -1.18. The number of hydrazine groups is 1. The summed E-state index contributed by atoms with van der Waals surface area (Å²) in [5, 5.41) is 28.6. The highest BCUT2D eigenvalue weighted by atomic mass is 16.5. The summed E-state index contributed by atoms with van der Waals surface area (Å²) in [5.41, 5.74) is 4.27. The van der Waals surface area contributed by atoms with Crippen LogP contribution in [0.3, 0.4) is 0 Å². The molecule has 2 saturated heterocycles. The molecule has 15 nitrogen and oxygen atoms in total. The van der Waals surface area contributed by atoms with E-state index in [1.54, 1.807) is 69.0 Å². The molecular weight excluding hydrogens is 771 g/mol. The van der Waals surface area contributed by atoms with Gasteiger partial charge in [-0.25, -0.2) is 5.43 Å². The summed E-state index contributed by atoms with van der Waals surface area (Å²) in [6, 6.07) is 3.13. The number of benzene rings is 1. The van der Waals surface area contributed by atoms with Crippen LogP contribution in [0, 0.1) is 17.8 Å². The van der Waals surface area contributed by atoms with E-state index in [1.165, 1.54) is 30.1 Å². The average Bonchev–Trinajstić information content (AvgIpc) is 3.22. The molecule has 7 atom stereocenters. The van der Waals surface area contributed by atoms with Gasteiger partial charge in [-0.2, -0.15) is 0 Å². The van der Waals surface area contributed by atoms with Crippen molar-refractivity contribution in [1.29, 1.82) is 0 Å². The number of aliphatic hydroxyl groups is 1. The number of cyclic esters (lactones) is 1. The molecule has 4 amide bonds. The van der Waals surface area contributed by atoms with E-state index in [2.05, 4.69) is 16.1 Å². The van der Waals surface area contributed by atoms with Crippen LogP contribution in [0.25, 0.3) is 0 Å². The number of aromatic hydroxyl groups is 1. The first-order valence-electron chi connectivity index (χ1n) is 21.0. The Morgan fingerprint density at radius 3 is 2.38 bits per heavy atom. The lowest BCUT2D eigenvalue weighted by atomic mass is 9.85. The van der Waals surface area contributed by atoms with Gasteiger partial charge in [0.25, 0.3) is 5.91 Å². The number of esters is 1. The van der Waals surface area contributed by atoms with Crippen molar-refractivity contribution in [2.24, 2.45) is 17.8 Å². The largest absolute Gasteiger partial charge is 0.508 e. The van der Waals surface area contributed by atoms with E-state index >= 15 is 0 Å². The van der Waals surface area contributed by atoms with Crippen LogP contribution in [0.1, 0.15) is 78.7 Å². The topological polar surface area (TPSA) is 204 Å². The molecule has 1 unspecified atom stereocenters. The summed E-state index contributed by atoms with van der Waals surface area (Å²) in [6.45, 7) is 10.7. The molecule has 0 saturated carbocycles. The number of nitrogens with one attached hydrogen (secondary N) is 3. The lowest BCUT2D eigenvalue weighted by Gasteiger charge is -2.36. The number of ether oxygens (including phenoxy) is 2. The summed E-state index contributed by atoms with van der Waals surface area (Å²) < 4.78 is 11.4. The third-order valence-corrected chi connectivity index (χ3v) is 11.0. The minimum Gasteiger partial charge on any atom is -0.508 e. The Kier molecular flexibility index (Phi) is 18.7. The molecule has 2 bridgehead atoms. The van der Waals surface area contributed by atoms with Crippen molar-refractivity contribution in [1.82, 2.24) is 26.0 Å². The second kappa shape index (κ2) is 23.6. The van der Waals surface area contributed by atoms with Crippen LogP contribution in [-0.2, 0) is 44.7 Å². The number of phenols is 1. The number of carbonyl (C=O) groups is 6. The van der Waals surface area contributed by atoms with Crippen molar-refractivity contribution >= 4 is 35.4 Å². The maximum absolute atomic E-state index is 14.3. The number of Topliss-reactive ketones (excluding diaryl/α,β-unsaturated/α-hetero) is 1. The Labute approximate surface area is 353 Å². The smallest absolute Gasteiger partial charge is 0.325 e. The van der Waals surface area contributed by atoms with Gasteiger partial charge in [0.1, 0.15) is 35.8 Å². The van der Waals surface area contributed by atoms with Gasteiger partial charge in [0.15, 0.2) is 0 Å². The molecule has 0 spiro atoms. The number of nitrogens with zero attached hydrogens (tertiary/aromatic N) is 2. The molecule has 1 aromatic rings. The molecule has 60 heavy (non-hydrogen) atoms. The van der Waals surface area contributed by atoms with Gasteiger partial charge in [-0.1, -0.05) is 69.4 Å². The summed E-state index contributed by atoms with van der Waals surface area (Å²) in [6.07, 6.45) is 11.9. The molecule has 0 radical (unpaired) electrons. The lowest BCUT2D eigenvalue weighted by Crippen LogP contribution is -2.62. The van der Waals surface area contributed by atoms with Gasteiger partial charge >= 0.3 is 5.97 Å². The average molecular weight is 834 g/mol. The molecule has 1 aromatic carbocycles. The number of carbonyl (C=O) groups excluding carboxylic acids is 6. The SMILES string of the molecule is CC(=O)CC[C@H]1C(=O)N[C@@H](C(C)C)C(=O)N[C@@H](Cc2cccc(O)c2)C(=O)N2CCCC(N2)C(=O)O[C@H](C(C)=CC=CC(=O)N2CCOCC2)CC=CC=CC[C@H](C)[C@H]1O. The number of amides is 4. The molecular formula is C45H63N5O10. The number of ketones is 1. The van der Waals surface area contributed by atoms with Crippen LogP contribution in [0.2, 0.25) is 0 Å². The maximum Gasteiger partial charge on any atom is 0.325 e. The van der Waals surface area contributed by atoms with Crippen molar-refractivity contribution < 1.29 is 48.5 Å². The van der Waals surface area contributed by atoms with Gasteiger partial charge in [-0.15, -0.1) is 0 Å². The molecule has 328 valence electrons. The van der Waals surface area contributed by atoms with Crippen LogP contribution in [0.4, 0.5) is 0 Å². The summed E-state index contributed by atoms with van der Waals surface area (Å²) in [4.78, 5) is 82.6. The van der Waals surface area contributed by atoms with Gasteiger partial charge in [0.2, 0.25) is 17.7 Å². The predicted molar refractivity (Wildman–Crippen MR) is 225 cm³/mol. The third-order valence-electron chi connectivity index (χ3n) is 11.0. The zero-order valence-electron chi connectivity index (χ0n) is 35.5. The molecule has 2 fully saturated rings. The Morgan fingerprint density at radius 2 is 1.70 bits per heavy atom. The van der Waals surface area contributed by atoms with E-state index in [-0.39, 0.29) is 43.2 Å². The molecule has 3 heterocycles. The van der Waals surface area contributed by atoms with Crippen LogP contribution < -0.4 is 16.1 Å². The van der Waals surface area contributed by atoms with Crippen molar-refractivity contribution in [3.63, 3.8) is 0 Å². The van der Waals surface area contributed by atoms with E-state index < -0.39 is 71.8 Å². The van der Waals surface area contributed by atoms with Gasteiger partial charge in [0, 0.05) is 45.0 Å². The second-order valence-corrected chi connectivity index (χ2v) is 16.3. The van der Waals surface area contributed by atoms with E-state index in [9.17, 15) is 39.0 Å². The monoisotopic (exact) mass is 833 g/mol. The highest BCUT2D eigenvalue weighted by Gasteiger charge is 2.38. The van der Waals surface area contributed by atoms with Crippen LogP contribution in [0.15, 0.2) is 72.4 Å². The normalized spacial score (nSPS) is 27.2. The fourth-order valence-corrected chi connectivity index (χ4v) is 7.31. The van der Waals surface area contributed by atoms with Crippen molar-refractivity contribution in [3.8, 4) is 5.75 Å². The number of phenolic OH excluding ortho intramolecular Hbond substituents is 1. The number of allylic oxidation sites excluding steroid dienone is 5. The number of hydrogen-bond donors (Lipinski definition) is 5. The van der Waals surface area contributed by atoms with Crippen molar-refractivity contribution in [2.75, 3.05) is 32.8 Å². The third kappa shape index (κ3) is 14.6. The van der Waals surface area contributed by atoms with E-state index in [1.807, 2.05) is 12.2 Å². The predicted octanol–water partition coefficient (Wildman–Crippen LogP) is 3.22. The molecule has 5 N–H and O–H groups in total. The van der Waals surface area contributed by atoms with Gasteiger partial charge in [-0.3, -0.25) is 29.0 Å². The number of morpholine rings is 1. The van der Waals surface area contributed by atoms with E-state index in [0.717, 1.165) is 0 Å². The maximum atomic E-state index is 14.3. The Hall–Kier alpha value is -5.12. The van der Waals surface area contributed by atoms with Gasteiger partial charge in [-0.05, 0) is 74.6 Å². The van der Waals surface area contributed by atoms with E-state index in [0.29, 0.717) is 63.1 Å². The zero-order valence-corrected chi connectivity index (χ0v) is 35.5. The van der Waals surface area contributed by atoms with E-state index in [4.69, 9.17) is 9.47 Å². The summed E-state index contributed by atoms with van der Waals surface area (Å²) >= 11 is 0. The number of aliphatic hydroxyl groups excluding tert-OH is 1. The quantitative estimate of drug-likeness (QED) is 0.139. The fraction of sp³-hybridized carbons (Fsp3) is 0.556. The standard InChI is InChI=1S/C45H63N5O10/c1-29(2)40-43(56)46-37(28-33-15-11-16-34(52)27-33)44(57)50-22-12-17-36(48-50)45(58)60-38(30(3)14-10-19-39(53)49-23-25-59-26-24-49)18-9-7-6-8-13-31(4)41(54)35(42(55)47-40)21-20-32(5)51/h6-11,14-16,19,27,29,31,35-38,40-41,48,52,54H,12-13,17-18,20-26,28H2,1-5H3,(H,46,56)(H,47,55)/t31-,35+,36?,37-,38-,40-,41+/m0/s1. The van der Waals surface area contributed by atoms with Gasteiger partial charge < -0.3 is 40.0 Å². The first-order chi connectivity index (χ1) is 28.6. The number of fused-ring (bicyclic) bond motifs is 2. The van der Waals surface area contributed by atoms with Gasteiger partial charge in [0.05, 0.1) is 25.2 Å². The number of rotatable bonds is 9. The fourth-order valence-electron chi connectivity index (χ4n) is 7.31. The first kappa shape index (κ1) is 47.6. The molecule has 15 heteroatoms. The second-order valence-electron chi connectivity index (χ2n) is 16.3. The number of hydrogen-bond acceptors (Lipinski definition) is 11. The summed E-state index contributed by atoms with van der Waals surface area (Å²) in [7, 11) is 0.